The van der Waals surface area contributed by atoms with Crippen molar-refractivity contribution in [3.8, 4) is 44.8 Å². The van der Waals surface area contributed by atoms with Crippen LogP contribution in [0.25, 0.3) is 110 Å². The zero-order chi connectivity index (χ0) is 38.2. The summed E-state index contributed by atoms with van der Waals surface area (Å²) in [6.07, 6.45) is 0. The molecule has 58 heavy (non-hydrogen) atoms. The Morgan fingerprint density at radius 1 is 0.207 bits per heavy atom. The number of fused-ring (bicyclic) bond motifs is 8. The highest BCUT2D eigenvalue weighted by Crippen LogP contribution is 2.43. The summed E-state index contributed by atoms with van der Waals surface area (Å²) in [5.41, 5.74) is 14.5. The molecule has 0 aliphatic heterocycles. The Kier molecular flexibility index (Phi) is 7.26. The van der Waals surface area contributed by atoms with Crippen molar-refractivity contribution in [1.29, 1.82) is 0 Å². The fraction of sp³-hybridized carbons (Fsp3) is 0. The lowest BCUT2D eigenvalue weighted by Crippen LogP contribution is -1.98. The Morgan fingerprint density at radius 2 is 0.552 bits per heavy atom. The predicted octanol–water partition coefficient (Wildman–Crippen LogP) is 15.2. The van der Waals surface area contributed by atoms with E-state index in [9.17, 15) is 0 Å². The van der Waals surface area contributed by atoms with Crippen molar-refractivity contribution < 1.29 is 0 Å². The van der Waals surface area contributed by atoms with Gasteiger partial charge in [0.25, 0.3) is 0 Å². The Hall–Kier alpha value is -7.68. The third kappa shape index (κ3) is 4.92. The quantitative estimate of drug-likeness (QED) is 0.167. The summed E-state index contributed by atoms with van der Waals surface area (Å²) in [6.45, 7) is 0. The van der Waals surface area contributed by atoms with Gasteiger partial charge in [0.05, 0.1) is 33.4 Å². The molecule has 0 bridgehead atoms. The van der Waals surface area contributed by atoms with Gasteiger partial charge in [0.1, 0.15) is 0 Å². The molecule has 2 aromatic heterocycles. The molecular weight excluding hydrogens is 701 g/mol. The highest BCUT2D eigenvalue weighted by molar-refractivity contribution is 6.15. The second kappa shape index (κ2) is 12.9. The van der Waals surface area contributed by atoms with Crippen LogP contribution in [0.3, 0.4) is 0 Å². The second-order valence-corrected chi connectivity index (χ2v) is 15.3. The van der Waals surface area contributed by atoms with Crippen LogP contribution in [-0.2, 0) is 0 Å². The molecule has 2 heteroatoms. The van der Waals surface area contributed by atoms with Gasteiger partial charge in [-0.3, -0.25) is 0 Å². The van der Waals surface area contributed by atoms with Crippen LogP contribution in [-0.4, -0.2) is 9.13 Å². The number of benzene rings is 10. The van der Waals surface area contributed by atoms with Crippen LogP contribution in [0.4, 0.5) is 0 Å². The third-order valence-corrected chi connectivity index (χ3v) is 12.1. The van der Waals surface area contributed by atoms with E-state index >= 15 is 0 Å². The fourth-order valence-electron chi connectivity index (χ4n) is 9.51. The van der Waals surface area contributed by atoms with E-state index in [1.807, 2.05) is 0 Å². The summed E-state index contributed by atoms with van der Waals surface area (Å²) >= 11 is 0. The normalized spacial score (nSPS) is 11.8. The molecule has 0 saturated carbocycles. The van der Waals surface area contributed by atoms with Gasteiger partial charge in [-0.2, -0.15) is 0 Å². The lowest BCUT2D eigenvalue weighted by molar-refractivity contribution is 1.20. The van der Waals surface area contributed by atoms with Gasteiger partial charge in [-0.25, -0.2) is 0 Å². The molecule has 12 rings (SSSR count). The average Bonchev–Trinajstić information content (AvgIpc) is 3.81. The van der Waals surface area contributed by atoms with Crippen molar-refractivity contribution >= 4 is 65.2 Å². The Balaban J connectivity index is 1.08. The van der Waals surface area contributed by atoms with Crippen molar-refractivity contribution in [1.82, 2.24) is 9.13 Å². The van der Waals surface area contributed by atoms with Crippen molar-refractivity contribution in [3.05, 3.63) is 218 Å². The highest BCUT2D eigenvalue weighted by atomic mass is 15.0. The molecule has 0 N–H and O–H groups in total. The second-order valence-electron chi connectivity index (χ2n) is 15.3. The topological polar surface area (TPSA) is 9.86 Å². The van der Waals surface area contributed by atoms with E-state index < -0.39 is 0 Å². The van der Waals surface area contributed by atoms with Gasteiger partial charge in [-0.1, -0.05) is 182 Å². The van der Waals surface area contributed by atoms with Gasteiger partial charge in [-0.05, 0) is 80.6 Å². The maximum absolute atomic E-state index is 2.47. The average molecular weight is 737 g/mol. The largest absolute Gasteiger partial charge is 0.309 e. The molecule has 0 spiro atoms. The first-order valence-corrected chi connectivity index (χ1v) is 20.0. The van der Waals surface area contributed by atoms with Crippen LogP contribution in [0.1, 0.15) is 0 Å². The summed E-state index contributed by atoms with van der Waals surface area (Å²) in [5, 5.41) is 9.92. The SMILES string of the molecule is c1ccc(-c2ccc3c4ccccc4n(-c4ccc(-c5ccc(-n6c7ccccc7c7ccc(-c8ccccc8)cc76)c6ccccc56)c5ccccc45)c3c2)cc1. The van der Waals surface area contributed by atoms with Crippen LogP contribution in [0.5, 0.6) is 0 Å². The van der Waals surface area contributed by atoms with E-state index in [4.69, 9.17) is 0 Å². The van der Waals surface area contributed by atoms with Crippen molar-refractivity contribution in [2.45, 2.75) is 0 Å². The zero-order valence-corrected chi connectivity index (χ0v) is 31.7. The standard InChI is InChI=1S/C56H36N2/c1-3-15-37(16-4-1)39-27-29-49-47-23-11-13-25-51(47)57(55(49)35-39)53-33-31-43(41-19-7-9-21-45(41)53)44-32-34-54(46-22-10-8-20-42(44)46)58-52-26-14-12-24-48(52)50-30-28-40(36-56(50)58)38-17-5-2-6-18-38/h1-36H. The number of hydrogen-bond acceptors (Lipinski definition) is 0. The van der Waals surface area contributed by atoms with Gasteiger partial charge in [0, 0.05) is 32.3 Å². The molecule has 2 heterocycles. The molecule has 0 aliphatic carbocycles. The molecule has 0 saturated heterocycles. The van der Waals surface area contributed by atoms with Crippen LogP contribution in [0.15, 0.2) is 218 Å². The minimum absolute atomic E-state index is 1.18. The van der Waals surface area contributed by atoms with E-state index in [1.54, 1.807) is 0 Å². The maximum Gasteiger partial charge on any atom is 0.0547 e. The van der Waals surface area contributed by atoms with Gasteiger partial charge in [0.15, 0.2) is 0 Å². The molecule has 0 unspecified atom stereocenters. The third-order valence-electron chi connectivity index (χ3n) is 12.1. The molecule has 0 fully saturated rings. The highest BCUT2D eigenvalue weighted by Gasteiger charge is 2.20. The minimum Gasteiger partial charge on any atom is -0.309 e. The molecule has 0 aliphatic rings. The van der Waals surface area contributed by atoms with Gasteiger partial charge in [0.2, 0.25) is 0 Å². The van der Waals surface area contributed by atoms with Crippen LogP contribution < -0.4 is 0 Å². The molecular formula is C56H36N2. The smallest absolute Gasteiger partial charge is 0.0547 e. The Bertz CT molecular complexity index is 3310. The van der Waals surface area contributed by atoms with Gasteiger partial charge < -0.3 is 9.13 Å². The molecule has 0 atom stereocenters. The first kappa shape index (κ1) is 32.6. The Labute approximate surface area is 336 Å². The van der Waals surface area contributed by atoms with Gasteiger partial charge in [-0.15, -0.1) is 0 Å². The fourth-order valence-corrected chi connectivity index (χ4v) is 9.51. The van der Waals surface area contributed by atoms with Crippen molar-refractivity contribution in [3.63, 3.8) is 0 Å². The Morgan fingerprint density at radius 3 is 0.983 bits per heavy atom. The van der Waals surface area contributed by atoms with Gasteiger partial charge >= 0.3 is 0 Å². The van der Waals surface area contributed by atoms with E-state index in [0.29, 0.717) is 0 Å². The molecule has 2 nitrogen and oxygen atoms in total. The molecule has 270 valence electrons. The monoisotopic (exact) mass is 736 g/mol. The first-order chi connectivity index (χ1) is 28.8. The van der Waals surface area contributed by atoms with E-state index in [2.05, 4.69) is 228 Å². The molecule has 0 amide bonds. The number of rotatable bonds is 5. The zero-order valence-electron chi connectivity index (χ0n) is 31.7. The number of para-hydroxylation sites is 2. The van der Waals surface area contributed by atoms with Crippen LogP contribution >= 0.6 is 0 Å². The van der Waals surface area contributed by atoms with Crippen molar-refractivity contribution in [2.24, 2.45) is 0 Å². The van der Waals surface area contributed by atoms with Crippen molar-refractivity contribution in [2.75, 3.05) is 0 Å². The number of hydrogen-bond donors (Lipinski definition) is 0. The predicted molar refractivity (Wildman–Crippen MR) is 246 cm³/mol. The first-order valence-electron chi connectivity index (χ1n) is 20.0. The van der Waals surface area contributed by atoms with E-state index in [1.165, 1.54) is 110 Å². The van der Waals surface area contributed by atoms with Crippen LogP contribution in [0, 0.1) is 0 Å². The molecule has 0 radical (unpaired) electrons. The lowest BCUT2D eigenvalue weighted by Gasteiger charge is -2.18. The molecule has 12 aromatic rings. The van der Waals surface area contributed by atoms with E-state index in [0.717, 1.165) is 0 Å². The summed E-state index contributed by atoms with van der Waals surface area (Å²) in [4.78, 5) is 0. The molecule has 10 aromatic carbocycles. The summed E-state index contributed by atoms with van der Waals surface area (Å²) < 4.78 is 4.94. The summed E-state index contributed by atoms with van der Waals surface area (Å²) in [6, 6.07) is 80.0. The number of aromatic nitrogens is 2. The number of nitrogens with zero attached hydrogens (tertiary/aromatic N) is 2. The summed E-state index contributed by atoms with van der Waals surface area (Å²) in [5.74, 6) is 0. The lowest BCUT2D eigenvalue weighted by atomic mass is 9.92. The minimum atomic E-state index is 1.18. The van der Waals surface area contributed by atoms with Crippen LogP contribution in [0.2, 0.25) is 0 Å². The van der Waals surface area contributed by atoms with E-state index in [-0.39, 0.29) is 0 Å². The maximum atomic E-state index is 2.47. The summed E-state index contributed by atoms with van der Waals surface area (Å²) in [7, 11) is 0.